The number of H-pyrrole nitrogens is 1. The number of nitrogens with one attached hydrogen (secondary N) is 1. The predicted molar refractivity (Wildman–Crippen MR) is 166 cm³/mol. The molecule has 3 aliphatic rings. The van der Waals surface area contributed by atoms with Crippen LogP contribution in [-0.2, 0) is 44.2 Å². The standard InChI is InChI=1S/C22H27N11O10P2S2/c1-21(13(42-44(36)46)12(38-2)18(41-21)32-7-27-10-14(23)25-6-26-15(10)32)5-39-45(37,47)43-22-3-8(22)9(4-34)40-19(22)33-16-11(30-31-33)17(35)29-20(24)28-16/h6-9,12-13,18-19,34H,3-5H2,1-2H3,(H6-,23,24,25,26,28,29,31,35,36,37,46,47)/p+1/t8-,9+,12+,13-,18-,19+,21+,22-,45?/m0/s1. The Bertz CT molecular complexity index is 2000. The molecule has 47 heavy (non-hydrogen) atoms. The summed E-state index contributed by atoms with van der Waals surface area (Å²) in [5, 5.41) is 17.9. The van der Waals surface area contributed by atoms with Crippen LogP contribution >= 0.6 is 26.2 Å². The number of aliphatic hydroxyl groups excluding tert-OH is 1. The summed E-state index contributed by atoms with van der Waals surface area (Å²) in [6.07, 6.45) is -1.78. The van der Waals surface area contributed by atoms with Crippen molar-refractivity contribution in [3.8, 4) is 0 Å². The molecule has 3 fully saturated rings. The summed E-state index contributed by atoms with van der Waals surface area (Å²) in [7, 11) is -1.06. The van der Waals surface area contributed by atoms with E-state index in [4.69, 9.17) is 51.1 Å². The number of aromatic nitrogens is 9. The van der Waals surface area contributed by atoms with Crippen LogP contribution in [0.4, 0.5) is 11.8 Å². The van der Waals surface area contributed by atoms with Gasteiger partial charge in [-0.3, -0.25) is 18.9 Å². The molecule has 2 saturated heterocycles. The molecule has 21 nitrogen and oxygen atoms in total. The van der Waals surface area contributed by atoms with Crippen LogP contribution in [0, 0.1) is 5.92 Å². The van der Waals surface area contributed by atoms with E-state index in [0.29, 0.717) is 11.2 Å². The molecule has 7 N–H and O–H groups in total. The number of hydrogen-bond acceptors (Lipinski definition) is 18. The fourth-order valence-corrected chi connectivity index (χ4v) is 8.86. The van der Waals surface area contributed by atoms with E-state index in [-0.39, 0.29) is 36.0 Å². The van der Waals surface area contributed by atoms with Gasteiger partial charge in [-0.2, -0.15) is 9.67 Å². The van der Waals surface area contributed by atoms with E-state index in [2.05, 4.69) is 47.5 Å². The second-order valence-electron chi connectivity index (χ2n) is 11.3. The number of aliphatic hydroxyl groups is 1. The van der Waals surface area contributed by atoms with Crippen LogP contribution in [-0.4, -0.2) is 104 Å². The van der Waals surface area contributed by atoms with E-state index in [1.54, 1.807) is 11.5 Å². The minimum Gasteiger partial charge on any atom is -0.394 e. The zero-order chi connectivity index (χ0) is 33.5. The topological polar surface area (TPSA) is 285 Å². The lowest BCUT2D eigenvalue weighted by molar-refractivity contribution is -0.114. The lowest BCUT2D eigenvalue weighted by Gasteiger charge is -2.31. The van der Waals surface area contributed by atoms with E-state index in [0.717, 1.165) is 0 Å². The van der Waals surface area contributed by atoms with Gasteiger partial charge in [0.15, 0.2) is 41.2 Å². The van der Waals surface area contributed by atoms with Crippen molar-refractivity contribution < 1.29 is 42.3 Å². The molecule has 0 radical (unpaired) electrons. The fraction of sp³-hybridized carbons (Fsp3) is 0.591. The molecule has 10 atom stereocenters. The highest BCUT2D eigenvalue weighted by molar-refractivity contribution is 8.39. The summed E-state index contributed by atoms with van der Waals surface area (Å²) < 4.78 is 50.8. The summed E-state index contributed by atoms with van der Waals surface area (Å²) in [5.74, 6) is -0.461. The van der Waals surface area contributed by atoms with Crippen LogP contribution in [0.1, 0.15) is 25.8 Å². The number of nitrogens with zero attached hydrogens (tertiary/aromatic N) is 8. The molecule has 0 bridgehead atoms. The molecule has 6 heterocycles. The van der Waals surface area contributed by atoms with Gasteiger partial charge in [-0.15, -0.1) is 9.62 Å². The van der Waals surface area contributed by atoms with Crippen molar-refractivity contribution in [1.29, 1.82) is 0 Å². The first-order valence-electron chi connectivity index (χ1n) is 13.8. The zero-order valence-electron chi connectivity index (χ0n) is 24.4. The normalized spacial score (nSPS) is 33.3. The number of nitrogen functional groups attached to an aromatic ring is 2. The lowest BCUT2D eigenvalue weighted by atomic mass is 9.98. The maximum absolute atomic E-state index is 12.4. The van der Waals surface area contributed by atoms with Crippen molar-refractivity contribution in [3.05, 3.63) is 23.0 Å². The van der Waals surface area contributed by atoms with Crippen LogP contribution in [0.5, 0.6) is 0 Å². The summed E-state index contributed by atoms with van der Waals surface area (Å²) in [6.45, 7) is -3.38. The number of rotatable bonds is 11. The van der Waals surface area contributed by atoms with Gasteiger partial charge in [0.05, 0.1) is 25.6 Å². The molecule has 4 aromatic rings. The van der Waals surface area contributed by atoms with E-state index >= 15 is 0 Å². The second-order valence-corrected chi connectivity index (χ2v) is 15.8. The molecule has 2 aliphatic heterocycles. The Balaban J connectivity index is 1.16. The second kappa shape index (κ2) is 11.7. The first-order chi connectivity index (χ1) is 22.3. The van der Waals surface area contributed by atoms with Crippen molar-refractivity contribution in [3.63, 3.8) is 0 Å². The number of aromatic amines is 1. The smallest absolute Gasteiger partial charge is 0.394 e. The molecular weight excluding hydrogens is 704 g/mol. The van der Waals surface area contributed by atoms with E-state index < -0.39 is 74.0 Å². The Morgan fingerprint density at radius 3 is 2.81 bits per heavy atom. The molecule has 1 aliphatic carbocycles. The van der Waals surface area contributed by atoms with Crippen LogP contribution < -0.4 is 17.0 Å². The number of methoxy groups -OCH3 is 1. The Hall–Kier alpha value is -2.79. The SMILES string of the molecule is CO[C@H]1[C@@H](n2cnc3c(N)ncnc32)O[C@](C)(COP(O)(=S)O[C@@]23C[C@H]2[C@@H](CO)O[C@H]3n2nnc3c(=O)[nH]c(N)nc32)[C@H]1O[P+](=O)S. The van der Waals surface area contributed by atoms with E-state index in [1.165, 1.54) is 24.4 Å². The average Bonchev–Trinajstić information content (AvgIpc) is 3.36. The zero-order valence-corrected chi connectivity index (χ0v) is 27.9. The summed E-state index contributed by atoms with van der Waals surface area (Å²) in [4.78, 5) is 42.7. The molecule has 252 valence electrons. The van der Waals surface area contributed by atoms with Crippen molar-refractivity contribution >= 4 is 72.1 Å². The predicted octanol–water partition coefficient (Wildman–Crippen LogP) is -0.308. The highest BCUT2D eigenvalue weighted by Gasteiger charge is 2.73. The van der Waals surface area contributed by atoms with Gasteiger partial charge in [0.1, 0.15) is 41.4 Å². The Morgan fingerprint density at radius 2 is 2.09 bits per heavy atom. The molecule has 2 unspecified atom stereocenters. The first-order valence-corrected chi connectivity index (χ1v) is 18.7. The van der Waals surface area contributed by atoms with Gasteiger partial charge < -0.3 is 40.2 Å². The minimum absolute atomic E-state index is 0.000879. The molecule has 4 aromatic heterocycles. The number of imidazole rings is 1. The maximum atomic E-state index is 12.4. The Morgan fingerprint density at radius 1 is 1.30 bits per heavy atom. The molecular formula is C22H28N11O10P2S2+. The summed E-state index contributed by atoms with van der Waals surface area (Å²) in [5.41, 5.74) is 8.84. The molecule has 0 amide bonds. The Kier molecular flexibility index (Phi) is 8.13. The van der Waals surface area contributed by atoms with Gasteiger partial charge in [-0.25, -0.2) is 15.0 Å². The van der Waals surface area contributed by atoms with E-state index in [9.17, 15) is 19.4 Å². The largest absolute Gasteiger partial charge is 0.582 e. The molecule has 25 heteroatoms. The van der Waals surface area contributed by atoms with Crippen molar-refractivity contribution in [2.75, 3.05) is 31.8 Å². The molecule has 1 saturated carbocycles. The fourth-order valence-electron chi connectivity index (χ4n) is 6.24. The van der Waals surface area contributed by atoms with Crippen LogP contribution in [0.2, 0.25) is 0 Å². The van der Waals surface area contributed by atoms with Gasteiger partial charge in [-0.1, -0.05) is 5.21 Å². The van der Waals surface area contributed by atoms with Crippen LogP contribution in [0.25, 0.3) is 22.3 Å². The van der Waals surface area contributed by atoms with Gasteiger partial charge in [0.2, 0.25) is 5.95 Å². The van der Waals surface area contributed by atoms with E-state index in [1.807, 2.05) is 0 Å². The summed E-state index contributed by atoms with van der Waals surface area (Å²) in [6, 6.07) is 0. The van der Waals surface area contributed by atoms with Crippen molar-refractivity contribution in [1.82, 2.24) is 44.5 Å². The third kappa shape index (κ3) is 5.43. The van der Waals surface area contributed by atoms with Crippen LogP contribution in [0.15, 0.2) is 17.4 Å². The number of fused-ring (bicyclic) bond motifs is 3. The first kappa shape index (κ1) is 32.7. The number of nitrogens with two attached hydrogens (primary N) is 2. The third-order valence-electron chi connectivity index (χ3n) is 8.44. The third-order valence-corrected chi connectivity index (χ3v) is 10.7. The minimum atomic E-state index is -4.16. The van der Waals surface area contributed by atoms with Gasteiger partial charge in [0.25, 0.3) is 5.56 Å². The molecule has 7 rings (SSSR count). The van der Waals surface area contributed by atoms with Gasteiger partial charge in [-0.05, 0) is 29.7 Å². The number of anilines is 2. The quantitative estimate of drug-likeness (QED) is 0.0852. The lowest BCUT2D eigenvalue weighted by Crippen LogP contribution is -2.45. The highest BCUT2D eigenvalue weighted by Crippen LogP contribution is 2.68. The van der Waals surface area contributed by atoms with Gasteiger partial charge in [0, 0.05) is 13.0 Å². The summed E-state index contributed by atoms with van der Waals surface area (Å²) >= 11 is 9.38. The number of hydrogen-bond donors (Lipinski definition) is 6. The highest BCUT2D eigenvalue weighted by atomic mass is 32.7. The maximum Gasteiger partial charge on any atom is 0.582 e. The van der Waals surface area contributed by atoms with Crippen LogP contribution in [0.3, 0.4) is 0 Å². The Labute approximate surface area is 274 Å². The van der Waals surface area contributed by atoms with Gasteiger partial charge >= 0.3 is 13.9 Å². The number of thiol groups is 1. The van der Waals surface area contributed by atoms with Crippen molar-refractivity contribution in [2.24, 2.45) is 5.92 Å². The molecule has 0 spiro atoms. The number of ether oxygens (including phenoxy) is 3. The monoisotopic (exact) mass is 732 g/mol. The average molecular weight is 733 g/mol. The molecule has 0 aromatic carbocycles. The van der Waals surface area contributed by atoms with Crippen molar-refractivity contribution in [2.45, 2.75) is 55.3 Å².